The Bertz CT molecular complexity index is 1180. The first kappa shape index (κ1) is 16.6. The highest BCUT2D eigenvalue weighted by Crippen LogP contribution is 2.41. The molecule has 3 aromatic heterocycles. The molecule has 1 aliphatic carbocycles. The molecule has 3 heterocycles. The van der Waals surface area contributed by atoms with E-state index >= 15 is 0 Å². The highest BCUT2D eigenvalue weighted by molar-refractivity contribution is 7.98. The average molecular weight is 397 g/mol. The van der Waals surface area contributed by atoms with Gasteiger partial charge < -0.3 is 4.57 Å². The number of fused-ring (bicyclic) bond motifs is 1. The van der Waals surface area contributed by atoms with Crippen molar-refractivity contribution in [1.29, 1.82) is 0 Å². The first-order valence-corrected chi connectivity index (χ1v) is 10.5. The van der Waals surface area contributed by atoms with Crippen molar-refractivity contribution in [2.75, 3.05) is 0 Å². The van der Waals surface area contributed by atoms with Crippen LogP contribution < -0.4 is 5.56 Å². The summed E-state index contributed by atoms with van der Waals surface area (Å²) in [6.07, 6.45) is 2.32. The van der Waals surface area contributed by atoms with Crippen molar-refractivity contribution in [2.24, 2.45) is 7.05 Å². The predicted octanol–water partition coefficient (Wildman–Crippen LogP) is 3.12. The number of rotatable bonds is 5. The molecule has 0 bridgehead atoms. The Kier molecular flexibility index (Phi) is 4.05. The summed E-state index contributed by atoms with van der Waals surface area (Å²) in [5.41, 5.74) is 1.64. The number of thioether (sulfide) groups is 1. The van der Waals surface area contributed by atoms with Gasteiger partial charge >= 0.3 is 0 Å². The van der Waals surface area contributed by atoms with Crippen molar-refractivity contribution in [1.82, 2.24) is 29.4 Å². The minimum absolute atomic E-state index is 0.123. The van der Waals surface area contributed by atoms with Gasteiger partial charge in [0.2, 0.25) is 4.96 Å². The van der Waals surface area contributed by atoms with Gasteiger partial charge in [-0.15, -0.1) is 10.2 Å². The van der Waals surface area contributed by atoms with Gasteiger partial charge in [0.15, 0.2) is 11.0 Å². The lowest BCUT2D eigenvalue weighted by Crippen LogP contribution is -2.15. The fraction of sp³-hybridized carbons (Fsp3) is 0.278. The molecule has 5 rings (SSSR count). The molecule has 1 fully saturated rings. The van der Waals surface area contributed by atoms with E-state index in [0.717, 1.165) is 40.1 Å². The van der Waals surface area contributed by atoms with Gasteiger partial charge in [-0.1, -0.05) is 53.4 Å². The Balaban J connectivity index is 1.38. The molecule has 4 aromatic rings. The van der Waals surface area contributed by atoms with Gasteiger partial charge in [-0.05, 0) is 12.8 Å². The molecule has 1 saturated carbocycles. The second kappa shape index (κ2) is 6.58. The van der Waals surface area contributed by atoms with Crippen molar-refractivity contribution < 1.29 is 0 Å². The Labute approximate surface area is 163 Å². The molecule has 27 heavy (non-hydrogen) atoms. The fourth-order valence-electron chi connectivity index (χ4n) is 2.86. The summed E-state index contributed by atoms with van der Waals surface area (Å²) < 4.78 is 3.38. The summed E-state index contributed by atoms with van der Waals surface area (Å²) in [5.74, 6) is 1.89. The smallest absolute Gasteiger partial charge is 0.275 e. The molecule has 0 atom stereocenters. The van der Waals surface area contributed by atoms with E-state index in [-0.39, 0.29) is 5.56 Å². The van der Waals surface area contributed by atoms with Crippen LogP contribution in [0.25, 0.3) is 16.3 Å². The van der Waals surface area contributed by atoms with Crippen LogP contribution in [-0.4, -0.2) is 29.4 Å². The molecule has 1 aromatic carbocycles. The maximum Gasteiger partial charge on any atom is 0.275 e. The Morgan fingerprint density at radius 3 is 2.81 bits per heavy atom. The monoisotopic (exact) mass is 396 g/mol. The van der Waals surface area contributed by atoms with Crippen LogP contribution in [0.3, 0.4) is 0 Å². The second-order valence-corrected chi connectivity index (χ2v) is 8.44. The molecule has 0 radical (unpaired) electrons. The molecule has 0 spiro atoms. The molecular formula is C18H16N6OS2. The minimum Gasteiger partial charge on any atom is -0.305 e. The van der Waals surface area contributed by atoms with Crippen LogP contribution in [0.2, 0.25) is 0 Å². The van der Waals surface area contributed by atoms with Gasteiger partial charge in [-0.25, -0.2) is 4.98 Å². The summed E-state index contributed by atoms with van der Waals surface area (Å²) in [6.45, 7) is 0. The molecule has 9 heteroatoms. The number of nitrogens with zero attached hydrogens (tertiary/aromatic N) is 6. The first-order chi connectivity index (χ1) is 13.2. The minimum atomic E-state index is -0.123. The molecule has 0 N–H and O–H groups in total. The summed E-state index contributed by atoms with van der Waals surface area (Å²) in [6, 6.07) is 11.5. The summed E-state index contributed by atoms with van der Waals surface area (Å²) in [4.78, 5) is 17.6. The third kappa shape index (κ3) is 3.17. The standard InChI is InChI=1S/C18H16N6OS2/c1-23-15(11-5-3-2-4-6-11)20-21-18(23)26-10-13-9-14(25)24-17(19-13)27-16(22-24)12-7-8-12/h2-6,9,12H,7-8,10H2,1H3. The van der Waals surface area contributed by atoms with Crippen LogP contribution >= 0.6 is 23.1 Å². The van der Waals surface area contributed by atoms with E-state index in [1.807, 2.05) is 41.9 Å². The van der Waals surface area contributed by atoms with E-state index in [9.17, 15) is 4.79 Å². The molecule has 0 amide bonds. The molecule has 0 aliphatic heterocycles. The summed E-state index contributed by atoms with van der Waals surface area (Å²) in [7, 11) is 1.95. The SMILES string of the molecule is Cn1c(SCc2cc(=O)n3nc(C4CC4)sc3n2)nnc1-c1ccccc1. The van der Waals surface area contributed by atoms with Crippen LogP contribution in [-0.2, 0) is 12.8 Å². The van der Waals surface area contributed by atoms with E-state index in [1.165, 1.54) is 27.6 Å². The third-order valence-electron chi connectivity index (χ3n) is 4.46. The van der Waals surface area contributed by atoms with Crippen LogP contribution in [0.4, 0.5) is 0 Å². The summed E-state index contributed by atoms with van der Waals surface area (Å²) in [5, 5.41) is 14.8. The third-order valence-corrected chi connectivity index (χ3v) is 6.58. The number of aromatic nitrogens is 6. The van der Waals surface area contributed by atoms with E-state index in [1.54, 1.807) is 6.07 Å². The van der Waals surface area contributed by atoms with E-state index in [0.29, 0.717) is 16.6 Å². The maximum absolute atomic E-state index is 12.3. The zero-order valence-corrected chi connectivity index (χ0v) is 16.2. The largest absolute Gasteiger partial charge is 0.305 e. The molecule has 136 valence electrons. The van der Waals surface area contributed by atoms with Crippen molar-refractivity contribution in [3.63, 3.8) is 0 Å². The first-order valence-electron chi connectivity index (χ1n) is 8.66. The van der Waals surface area contributed by atoms with E-state index < -0.39 is 0 Å². The Hall–Kier alpha value is -2.52. The lowest BCUT2D eigenvalue weighted by atomic mass is 10.2. The van der Waals surface area contributed by atoms with Crippen LogP contribution in [0.15, 0.2) is 46.3 Å². The Morgan fingerprint density at radius 1 is 1.22 bits per heavy atom. The van der Waals surface area contributed by atoms with E-state index in [2.05, 4.69) is 20.3 Å². The van der Waals surface area contributed by atoms with Gasteiger partial charge in [0.25, 0.3) is 5.56 Å². The zero-order chi connectivity index (χ0) is 18.4. The number of benzene rings is 1. The van der Waals surface area contributed by atoms with Gasteiger partial charge in [-0.2, -0.15) is 9.61 Å². The van der Waals surface area contributed by atoms with Crippen molar-refractivity contribution in [2.45, 2.75) is 29.7 Å². The Morgan fingerprint density at radius 2 is 2.04 bits per heavy atom. The average Bonchev–Trinajstić information content (AvgIpc) is 3.33. The highest BCUT2D eigenvalue weighted by atomic mass is 32.2. The number of hydrogen-bond acceptors (Lipinski definition) is 7. The second-order valence-electron chi connectivity index (χ2n) is 6.51. The van der Waals surface area contributed by atoms with Gasteiger partial charge in [-0.3, -0.25) is 4.79 Å². The van der Waals surface area contributed by atoms with Gasteiger partial charge in [0, 0.05) is 30.3 Å². The molecule has 1 aliphatic rings. The van der Waals surface area contributed by atoms with Crippen molar-refractivity contribution in [3.8, 4) is 11.4 Å². The fourth-order valence-corrected chi connectivity index (χ4v) is 4.75. The molecule has 0 saturated heterocycles. The quantitative estimate of drug-likeness (QED) is 0.482. The molecule has 7 nitrogen and oxygen atoms in total. The molecule has 0 unspecified atom stereocenters. The zero-order valence-electron chi connectivity index (χ0n) is 14.6. The van der Waals surface area contributed by atoms with Gasteiger partial charge in [0.1, 0.15) is 5.01 Å². The van der Waals surface area contributed by atoms with Crippen LogP contribution in [0.5, 0.6) is 0 Å². The lowest BCUT2D eigenvalue weighted by Gasteiger charge is -2.03. The predicted molar refractivity (Wildman–Crippen MR) is 105 cm³/mol. The normalized spacial score (nSPS) is 14.1. The van der Waals surface area contributed by atoms with Crippen molar-refractivity contribution >= 4 is 28.1 Å². The van der Waals surface area contributed by atoms with E-state index in [4.69, 9.17) is 0 Å². The van der Waals surface area contributed by atoms with Crippen LogP contribution in [0.1, 0.15) is 29.5 Å². The summed E-state index contributed by atoms with van der Waals surface area (Å²) >= 11 is 3.04. The molecular weight excluding hydrogens is 380 g/mol. The van der Waals surface area contributed by atoms with Crippen molar-refractivity contribution in [3.05, 3.63) is 57.5 Å². The van der Waals surface area contributed by atoms with Gasteiger partial charge in [0.05, 0.1) is 5.69 Å². The van der Waals surface area contributed by atoms with Crippen LogP contribution in [0, 0.1) is 0 Å². The maximum atomic E-state index is 12.3. The highest BCUT2D eigenvalue weighted by Gasteiger charge is 2.28. The lowest BCUT2D eigenvalue weighted by molar-refractivity contribution is 0.793. The topological polar surface area (TPSA) is 78.0 Å². The number of hydrogen-bond donors (Lipinski definition) is 0.